The highest BCUT2D eigenvalue weighted by atomic mass is 16.5. The first kappa shape index (κ1) is 12.8. The molecule has 1 aromatic rings. The van der Waals surface area contributed by atoms with Gasteiger partial charge in [-0.25, -0.2) is 0 Å². The Bertz CT molecular complexity index is 325. The normalized spacial score (nSPS) is 10.5. The van der Waals surface area contributed by atoms with Crippen LogP contribution in [0.15, 0.2) is 24.3 Å². The lowest BCUT2D eigenvalue weighted by atomic mass is 10.1. The molecule has 0 bridgehead atoms. The molecule has 0 aliphatic carbocycles. The molecular formula is C14H20O2. The van der Waals surface area contributed by atoms with Crippen LogP contribution in [0.1, 0.15) is 32.8 Å². The average molecular weight is 220 g/mol. The van der Waals surface area contributed by atoms with Crippen LogP contribution in [0.5, 0.6) is 5.75 Å². The fourth-order valence-corrected chi connectivity index (χ4v) is 1.38. The van der Waals surface area contributed by atoms with Crippen LogP contribution in [0.4, 0.5) is 0 Å². The molecule has 1 aromatic carbocycles. The van der Waals surface area contributed by atoms with E-state index in [0.717, 1.165) is 12.2 Å². The molecule has 0 heterocycles. The number of Topliss-reactive ketones (excluding diaryl/α,β-unsaturated/α-hetero) is 1. The molecule has 0 N–H and O–H groups in total. The van der Waals surface area contributed by atoms with E-state index in [2.05, 4.69) is 19.1 Å². The zero-order chi connectivity index (χ0) is 12.0. The van der Waals surface area contributed by atoms with Gasteiger partial charge in [0.2, 0.25) is 0 Å². The number of hydrogen-bond acceptors (Lipinski definition) is 2. The van der Waals surface area contributed by atoms with Crippen LogP contribution in [0.3, 0.4) is 0 Å². The maximum atomic E-state index is 11.4. The fourth-order valence-electron chi connectivity index (χ4n) is 1.38. The smallest absolute Gasteiger partial charge is 0.138 e. The van der Waals surface area contributed by atoms with E-state index in [1.54, 1.807) is 0 Å². The summed E-state index contributed by atoms with van der Waals surface area (Å²) in [7, 11) is 0. The molecule has 16 heavy (non-hydrogen) atoms. The molecule has 0 fully saturated rings. The molecule has 2 heteroatoms. The summed E-state index contributed by atoms with van der Waals surface area (Å²) in [6.45, 7) is 6.43. The Morgan fingerprint density at radius 3 is 2.38 bits per heavy atom. The molecule has 2 nitrogen and oxygen atoms in total. The van der Waals surface area contributed by atoms with Crippen LogP contribution in [0, 0.1) is 5.92 Å². The molecule has 0 spiro atoms. The minimum atomic E-state index is 0.103. The Morgan fingerprint density at radius 2 is 1.88 bits per heavy atom. The molecule has 0 aliphatic rings. The number of carbonyl (C=O) groups excluding carboxylic acids is 1. The number of benzene rings is 1. The molecule has 88 valence electrons. The van der Waals surface area contributed by atoms with Gasteiger partial charge < -0.3 is 4.74 Å². The van der Waals surface area contributed by atoms with Crippen molar-refractivity contribution in [2.24, 2.45) is 5.92 Å². The number of ketones is 1. The van der Waals surface area contributed by atoms with Gasteiger partial charge in [-0.15, -0.1) is 0 Å². The number of ether oxygens (including phenoxy) is 1. The lowest BCUT2D eigenvalue weighted by Gasteiger charge is -2.07. The van der Waals surface area contributed by atoms with Gasteiger partial charge in [0.15, 0.2) is 0 Å². The molecule has 0 atom stereocenters. The van der Waals surface area contributed by atoms with Crippen LogP contribution in [0.2, 0.25) is 0 Å². The van der Waals surface area contributed by atoms with Gasteiger partial charge in [0.05, 0.1) is 6.61 Å². The maximum absolute atomic E-state index is 11.4. The van der Waals surface area contributed by atoms with Gasteiger partial charge in [0.25, 0.3) is 0 Å². The first-order valence-corrected chi connectivity index (χ1v) is 5.88. The van der Waals surface area contributed by atoms with Crippen molar-refractivity contribution in [1.29, 1.82) is 0 Å². The van der Waals surface area contributed by atoms with Crippen molar-refractivity contribution in [3.8, 4) is 5.75 Å². The first-order chi connectivity index (χ1) is 7.63. The predicted octanol–water partition coefficient (Wildman–Crippen LogP) is 3.24. The van der Waals surface area contributed by atoms with Crippen LogP contribution >= 0.6 is 0 Å². The molecule has 0 saturated carbocycles. The highest BCUT2D eigenvalue weighted by molar-refractivity contribution is 5.80. The Balaban J connectivity index is 2.34. The van der Waals surface area contributed by atoms with E-state index in [9.17, 15) is 4.79 Å². The third-order valence-electron chi connectivity index (χ3n) is 2.59. The van der Waals surface area contributed by atoms with E-state index in [-0.39, 0.29) is 11.7 Å². The minimum absolute atomic E-state index is 0.103. The summed E-state index contributed by atoms with van der Waals surface area (Å²) in [5.74, 6) is 1.20. The SMILES string of the molecule is CCc1ccc(OCCC(=O)C(C)C)cc1. The molecule has 0 radical (unpaired) electrons. The zero-order valence-electron chi connectivity index (χ0n) is 10.3. The number of hydrogen-bond donors (Lipinski definition) is 0. The van der Waals surface area contributed by atoms with Crippen molar-refractivity contribution >= 4 is 5.78 Å². The number of rotatable bonds is 6. The van der Waals surface area contributed by atoms with E-state index >= 15 is 0 Å². The van der Waals surface area contributed by atoms with Crippen LogP contribution in [0.25, 0.3) is 0 Å². The Hall–Kier alpha value is -1.31. The van der Waals surface area contributed by atoms with Crippen molar-refractivity contribution in [2.45, 2.75) is 33.6 Å². The van der Waals surface area contributed by atoms with Crippen molar-refractivity contribution < 1.29 is 9.53 Å². The second-order valence-electron chi connectivity index (χ2n) is 4.22. The molecule has 0 amide bonds. The summed E-state index contributed by atoms with van der Waals surface area (Å²) in [6, 6.07) is 8.02. The maximum Gasteiger partial charge on any atom is 0.138 e. The largest absolute Gasteiger partial charge is 0.493 e. The van der Waals surface area contributed by atoms with E-state index in [1.165, 1.54) is 5.56 Å². The van der Waals surface area contributed by atoms with E-state index in [1.807, 2.05) is 26.0 Å². The van der Waals surface area contributed by atoms with Gasteiger partial charge in [-0.2, -0.15) is 0 Å². The monoisotopic (exact) mass is 220 g/mol. The fraction of sp³-hybridized carbons (Fsp3) is 0.500. The van der Waals surface area contributed by atoms with Crippen LogP contribution in [-0.2, 0) is 11.2 Å². The van der Waals surface area contributed by atoms with Gasteiger partial charge in [-0.3, -0.25) is 4.79 Å². The highest BCUT2D eigenvalue weighted by Crippen LogP contribution is 2.13. The van der Waals surface area contributed by atoms with E-state index in [4.69, 9.17) is 4.74 Å². The summed E-state index contributed by atoms with van der Waals surface area (Å²) in [5, 5.41) is 0. The third-order valence-corrected chi connectivity index (χ3v) is 2.59. The molecular weight excluding hydrogens is 200 g/mol. The second kappa shape index (κ2) is 6.31. The number of aryl methyl sites for hydroxylation is 1. The topological polar surface area (TPSA) is 26.3 Å². The third kappa shape index (κ3) is 4.05. The molecule has 0 aliphatic heterocycles. The van der Waals surface area contributed by atoms with Gasteiger partial charge in [0.1, 0.15) is 11.5 Å². The van der Waals surface area contributed by atoms with Gasteiger partial charge in [-0.1, -0.05) is 32.9 Å². The molecule has 0 saturated heterocycles. The van der Waals surface area contributed by atoms with E-state index in [0.29, 0.717) is 13.0 Å². The van der Waals surface area contributed by atoms with Crippen molar-refractivity contribution in [1.82, 2.24) is 0 Å². The zero-order valence-corrected chi connectivity index (χ0v) is 10.3. The highest BCUT2D eigenvalue weighted by Gasteiger charge is 2.06. The van der Waals surface area contributed by atoms with Crippen molar-refractivity contribution in [2.75, 3.05) is 6.61 Å². The summed E-state index contributed by atoms with van der Waals surface area (Å²) >= 11 is 0. The Morgan fingerprint density at radius 1 is 1.25 bits per heavy atom. The van der Waals surface area contributed by atoms with Gasteiger partial charge >= 0.3 is 0 Å². The average Bonchev–Trinajstić information content (AvgIpc) is 2.29. The molecule has 1 rings (SSSR count). The predicted molar refractivity (Wildman–Crippen MR) is 65.8 cm³/mol. The first-order valence-electron chi connectivity index (χ1n) is 5.88. The second-order valence-corrected chi connectivity index (χ2v) is 4.22. The van der Waals surface area contributed by atoms with Gasteiger partial charge in [0, 0.05) is 12.3 Å². The van der Waals surface area contributed by atoms with Crippen LogP contribution < -0.4 is 4.74 Å². The quantitative estimate of drug-likeness (QED) is 0.735. The van der Waals surface area contributed by atoms with Crippen molar-refractivity contribution in [3.05, 3.63) is 29.8 Å². The lowest BCUT2D eigenvalue weighted by molar-refractivity contribution is -0.122. The van der Waals surface area contributed by atoms with Gasteiger partial charge in [-0.05, 0) is 24.1 Å². The summed E-state index contributed by atoms with van der Waals surface area (Å²) < 4.78 is 5.51. The lowest BCUT2D eigenvalue weighted by Crippen LogP contribution is -2.11. The summed E-state index contributed by atoms with van der Waals surface area (Å²) in [6.07, 6.45) is 1.53. The Labute approximate surface area is 97.6 Å². The van der Waals surface area contributed by atoms with Crippen LogP contribution in [-0.4, -0.2) is 12.4 Å². The summed E-state index contributed by atoms with van der Waals surface area (Å²) in [4.78, 5) is 11.4. The standard InChI is InChI=1S/C14H20O2/c1-4-12-5-7-13(8-6-12)16-10-9-14(15)11(2)3/h5-8,11H,4,9-10H2,1-3H3. The Kier molecular flexibility index (Phi) is 5.03. The summed E-state index contributed by atoms with van der Waals surface area (Å²) in [5.41, 5.74) is 1.30. The molecule has 0 aromatic heterocycles. The number of carbonyl (C=O) groups is 1. The van der Waals surface area contributed by atoms with E-state index < -0.39 is 0 Å². The van der Waals surface area contributed by atoms with Crippen molar-refractivity contribution in [3.63, 3.8) is 0 Å². The molecule has 0 unspecified atom stereocenters. The minimum Gasteiger partial charge on any atom is -0.493 e.